The van der Waals surface area contributed by atoms with Crippen LogP contribution in [0.5, 0.6) is 5.75 Å². The van der Waals surface area contributed by atoms with Crippen LogP contribution in [0.15, 0.2) is 59.5 Å². The summed E-state index contributed by atoms with van der Waals surface area (Å²) in [5.41, 5.74) is 2.36. The second-order valence-corrected chi connectivity index (χ2v) is 14.9. The van der Waals surface area contributed by atoms with Crippen LogP contribution >= 0.6 is 22.9 Å². The molecule has 4 aromatic rings. The maximum atomic E-state index is 14.7. The Morgan fingerprint density at radius 2 is 1.61 bits per heavy atom. The van der Waals surface area contributed by atoms with E-state index in [1.807, 2.05) is 18.2 Å². The van der Waals surface area contributed by atoms with Crippen molar-refractivity contribution in [1.82, 2.24) is 9.21 Å². The minimum atomic E-state index is -3.57. The van der Waals surface area contributed by atoms with Crippen LogP contribution in [0, 0.1) is 17.6 Å². The van der Waals surface area contributed by atoms with E-state index in [0.717, 1.165) is 72.3 Å². The lowest BCUT2D eigenvalue weighted by molar-refractivity contribution is 0.0591. The third kappa shape index (κ3) is 6.22. The van der Waals surface area contributed by atoms with Crippen molar-refractivity contribution in [1.29, 1.82) is 0 Å². The number of fused-ring (bicyclic) bond motifs is 1. The Labute approximate surface area is 266 Å². The molecule has 1 aliphatic carbocycles. The summed E-state index contributed by atoms with van der Waals surface area (Å²) >= 11 is 7.45. The average Bonchev–Trinajstić information content (AvgIpc) is 3.39. The Morgan fingerprint density at radius 3 is 2.20 bits per heavy atom. The number of ether oxygens (including phenoxy) is 1. The zero-order valence-electron chi connectivity index (χ0n) is 25.1. The Morgan fingerprint density at radius 1 is 0.977 bits per heavy atom. The third-order valence-corrected chi connectivity index (χ3v) is 12.1. The van der Waals surface area contributed by atoms with Crippen molar-refractivity contribution in [3.63, 3.8) is 0 Å². The molecule has 6 nitrogen and oxygen atoms in total. The summed E-state index contributed by atoms with van der Waals surface area (Å²) in [6, 6.07) is 14.2. The monoisotopic (exact) mass is 660 g/mol. The quantitative estimate of drug-likeness (QED) is 0.181. The first kappa shape index (κ1) is 32.3. The summed E-state index contributed by atoms with van der Waals surface area (Å²) in [7, 11) is 0.962. The van der Waals surface area contributed by atoms with E-state index in [4.69, 9.17) is 16.3 Å². The fourth-order valence-electron chi connectivity index (χ4n) is 5.89. The topological polar surface area (TPSA) is 66.9 Å². The van der Waals surface area contributed by atoms with Crippen molar-refractivity contribution < 1.29 is 26.7 Å². The first-order valence-corrected chi connectivity index (χ1v) is 17.2. The van der Waals surface area contributed by atoms with Crippen molar-refractivity contribution >= 4 is 49.0 Å². The van der Waals surface area contributed by atoms with Gasteiger partial charge in [0.15, 0.2) is 0 Å². The van der Waals surface area contributed by atoms with Gasteiger partial charge in [-0.2, -0.15) is 0 Å². The standard InChI is InChI=1S/C33H35ClF2N2O4S2/c1-5-20-6-11-24(12-7-20)38(33(39)32-30(34)29-26(35)15-16-27(36)31(29)43-32)19-23-18-22(10-17-28(23)42-4)21-8-13-25(14-9-21)44(40,41)37(2)3/h8-10,13-18,20,24H,5-7,11-12,19H2,1-4H3/t20-,24-. The molecule has 11 heteroatoms. The van der Waals surface area contributed by atoms with Gasteiger partial charge in [0.1, 0.15) is 22.3 Å². The van der Waals surface area contributed by atoms with E-state index in [1.165, 1.54) is 18.4 Å². The highest BCUT2D eigenvalue weighted by molar-refractivity contribution is 7.89. The number of carbonyl (C=O) groups excluding carboxylic acids is 1. The molecule has 1 heterocycles. The predicted molar refractivity (Wildman–Crippen MR) is 172 cm³/mol. The van der Waals surface area contributed by atoms with Crippen LogP contribution in [0.1, 0.15) is 54.3 Å². The van der Waals surface area contributed by atoms with Gasteiger partial charge in [0.25, 0.3) is 5.91 Å². The third-order valence-electron chi connectivity index (χ3n) is 8.56. The van der Waals surface area contributed by atoms with E-state index in [9.17, 15) is 22.0 Å². The SMILES string of the molecule is CC[C@H]1CC[C@H](N(Cc2cc(-c3ccc(S(=O)(=O)N(C)C)cc3)ccc2OC)C(=O)c2sc3c(F)ccc(F)c3c2Cl)CC1. The van der Waals surface area contributed by atoms with E-state index in [-0.39, 0.29) is 43.4 Å². The second-order valence-electron chi connectivity index (χ2n) is 11.3. The molecule has 0 spiro atoms. The van der Waals surface area contributed by atoms with Gasteiger partial charge in [-0.25, -0.2) is 21.5 Å². The summed E-state index contributed by atoms with van der Waals surface area (Å²) < 4.78 is 61.3. The summed E-state index contributed by atoms with van der Waals surface area (Å²) in [5, 5.41) is -0.151. The number of hydrogen-bond acceptors (Lipinski definition) is 5. The smallest absolute Gasteiger partial charge is 0.266 e. The molecule has 1 aromatic heterocycles. The van der Waals surface area contributed by atoms with E-state index in [0.29, 0.717) is 11.7 Å². The second kappa shape index (κ2) is 13.1. The summed E-state index contributed by atoms with van der Waals surface area (Å²) in [4.78, 5) is 16.3. The molecular formula is C33H35ClF2N2O4S2. The first-order valence-electron chi connectivity index (χ1n) is 14.5. The number of benzene rings is 3. The molecule has 234 valence electrons. The largest absolute Gasteiger partial charge is 0.496 e. The van der Waals surface area contributed by atoms with Crippen LogP contribution in [-0.2, 0) is 16.6 Å². The molecule has 1 saturated carbocycles. The zero-order valence-corrected chi connectivity index (χ0v) is 27.5. The molecule has 5 rings (SSSR count). The van der Waals surface area contributed by atoms with E-state index in [1.54, 1.807) is 36.3 Å². The number of thiophene rings is 1. The lowest BCUT2D eigenvalue weighted by Crippen LogP contribution is -2.41. The summed E-state index contributed by atoms with van der Waals surface area (Å²) in [6.07, 6.45) is 4.64. The molecule has 0 aliphatic heterocycles. The van der Waals surface area contributed by atoms with Crippen LogP contribution in [0.4, 0.5) is 8.78 Å². The fourth-order valence-corrected chi connectivity index (χ4v) is 8.30. The van der Waals surface area contributed by atoms with Crippen molar-refractivity contribution in [2.75, 3.05) is 21.2 Å². The average molecular weight is 661 g/mol. The number of halogens is 3. The van der Waals surface area contributed by atoms with Crippen LogP contribution in [0.2, 0.25) is 5.02 Å². The van der Waals surface area contributed by atoms with Crippen LogP contribution in [0.25, 0.3) is 21.2 Å². The normalized spacial score (nSPS) is 17.3. The van der Waals surface area contributed by atoms with Crippen molar-refractivity contribution in [3.8, 4) is 16.9 Å². The van der Waals surface area contributed by atoms with Crippen LogP contribution in [-0.4, -0.2) is 50.8 Å². The van der Waals surface area contributed by atoms with Crippen molar-refractivity contribution in [2.24, 2.45) is 5.92 Å². The summed E-state index contributed by atoms with van der Waals surface area (Å²) in [5.74, 6) is -0.492. The van der Waals surface area contributed by atoms with Gasteiger partial charge in [-0.3, -0.25) is 4.79 Å². The Hall–Kier alpha value is -3.05. The highest BCUT2D eigenvalue weighted by Gasteiger charge is 2.33. The molecule has 0 N–H and O–H groups in total. The highest BCUT2D eigenvalue weighted by Crippen LogP contribution is 2.41. The Bertz CT molecular complexity index is 1780. The molecule has 44 heavy (non-hydrogen) atoms. The van der Waals surface area contributed by atoms with Crippen molar-refractivity contribution in [3.05, 3.63) is 81.7 Å². The van der Waals surface area contributed by atoms with E-state index >= 15 is 0 Å². The van der Waals surface area contributed by atoms with Gasteiger partial charge >= 0.3 is 0 Å². The number of carbonyl (C=O) groups is 1. The lowest BCUT2D eigenvalue weighted by atomic mass is 9.83. The van der Waals surface area contributed by atoms with Gasteiger partial charge in [-0.1, -0.05) is 43.1 Å². The first-order chi connectivity index (χ1) is 21.0. The highest BCUT2D eigenvalue weighted by atomic mass is 35.5. The number of amides is 1. The van der Waals surface area contributed by atoms with E-state index in [2.05, 4.69) is 6.92 Å². The zero-order chi connectivity index (χ0) is 31.8. The molecule has 1 aliphatic rings. The summed E-state index contributed by atoms with van der Waals surface area (Å²) in [6.45, 7) is 2.37. The molecular weight excluding hydrogens is 626 g/mol. The fraction of sp³-hybridized carbons (Fsp3) is 0.364. The van der Waals surface area contributed by atoms with Gasteiger partial charge in [-0.15, -0.1) is 11.3 Å². The molecule has 3 aromatic carbocycles. The molecule has 1 amide bonds. The lowest BCUT2D eigenvalue weighted by Gasteiger charge is -2.37. The molecule has 0 radical (unpaired) electrons. The Balaban J connectivity index is 1.53. The minimum absolute atomic E-state index is 0.0206. The molecule has 0 atom stereocenters. The van der Waals surface area contributed by atoms with Gasteiger partial charge in [0, 0.05) is 32.2 Å². The van der Waals surface area contributed by atoms with Crippen LogP contribution < -0.4 is 4.74 Å². The minimum Gasteiger partial charge on any atom is -0.496 e. The van der Waals surface area contributed by atoms with Gasteiger partial charge in [0.2, 0.25) is 10.0 Å². The number of methoxy groups -OCH3 is 1. The van der Waals surface area contributed by atoms with Crippen LogP contribution in [0.3, 0.4) is 0 Å². The number of sulfonamides is 1. The number of rotatable bonds is 9. The molecule has 1 fully saturated rings. The van der Waals surface area contributed by atoms with E-state index < -0.39 is 21.7 Å². The molecule has 0 bridgehead atoms. The Kier molecular flexibility index (Phi) is 9.65. The van der Waals surface area contributed by atoms with Gasteiger partial charge in [-0.05, 0) is 79.1 Å². The van der Waals surface area contributed by atoms with Gasteiger partial charge in [0.05, 0.1) is 27.1 Å². The molecule has 0 saturated heterocycles. The molecule has 0 unspecified atom stereocenters. The van der Waals surface area contributed by atoms with Crippen molar-refractivity contribution in [2.45, 2.75) is 56.5 Å². The maximum absolute atomic E-state index is 14.7. The predicted octanol–water partition coefficient (Wildman–Crippen LogP) is 8.37. The number of nitrogens with zero attached hydrogens (tertiary/aromatic N) is 2. The number of hydrogen-bond donors (Lipinski definition) is 0. The van der Waals surface area contributed by atoms with Gasteiger partial charge < -0.3 is 9.64 Å². The maximum Gasteiger partial charge on any atom is 0.266 e.